The number of ketones is 1. The first-order valence-corrected chi connectivity index (χ1v) is 4.73. The molecule has 0 spiro atoms. The maximum Gasteiger partial charge on any atom is 0.223 e. The summed E-state index contributed by atoms with van der Waals surface area (Å²) in [4.78, 5) is 16.0. The minimum absolute atomic E-state index is 0.129. The number of rotatable bonds is 0. The molecule has 15 heavy (non-hydrogen) atoms. The molecule has 0 unspecified atom stereocenters. The van der Waals surface area contributed by atoms with Gasteiger partial charge in [-0.25, -0.2) is 0 Å². The fourth-order valence-corrected chi connectivity index (χ4v) is 2.15. The largest absolute Gasteiger partial charge is 0.347 e. The molecule has 0 amide bonds. The Morgan fingerprint density at radius 1 is 1.53 bits per heavy atom. The number of carbonyl (C=O) groups is 1. The molecule has 0 bridgehead atoms. The van der Waals surface area contributed by atoms with E-state index in [9.17, 15) is 4.79 Å². The first kappa shape index (κ1) is 8.35. The Morgan fingerprint density at radius 2 is 2.33 bits per heavy atom. The van der Waals surface area contributed by atoms with Crippen molar-refractivity contribution in [2.24, 2.45) is 7.05 Å². The van der Waals surface area contributed by atoms with Crippen LogP contribution in [0.5, 0.6) is 0 Å². The minimum Gasteiger partial charge on any atom is -0.347 e. The highest BCUT2D eigenvalue weighted by molar-refractivity contribution is 6.48. The summed E-state index contributed by atoms with van der Waals surface area (Å²) in [5, 5.41) is 9.57. The summed E-state index contributed by atoms with van der Waals surface area (Å²) in [5.41, 5.74) is 1.57. The lowest BCUT2D eigenvalue weighted by Crippen LogP contribution is -2.23. The van der Waals surface area contributed by atoms with Crippen LogP contribution >= 0.6 is 0 Å². The van der Waals surface area contributed by atoms with E-state index >= 15 is 0 Å². The number of nitrogens with zero attached hydrogens (tertiary/aromatic N) is 2. The number of pyridine rings is 1. The molecule has 0 atom stereocenters. The predicted octanol–water partition coefficient (Wildman–Crippen LogP) is 1.33. The standard InChI is InChI=1S/C11H9N3O/c1-14-5-6-2-3-13-8-4-7(12)11(15)10(14)9(6)8/h2-3,5,12H,4H2,1H3. The monoisotopic (exact) mass is 199 g/mol. The molecular formula is C11H9N3O. The smallest absolute Gasteiger partial charge is 0.223 e. The molecule has 0 saturated heterocycles. The third kappa shape index (κ3) is 0.932. The highest BCUT2D eigenvalue weighted by Gasteiger charge is 2.27. The van der Waals surface area contributed by atoms with Crippen molar-refractivity contribution in [3.05, 3.63) is 29.8 Å². The van der Waals surface area contributed by atoms with E-state index in [1.54, 1.807) is 10.8 Å². The molecule has 0 fully saturated rings. The molecule has 1 aliphatic rings. The van der Waals surface area contributed by atoms with Crippen LogP contribution in [0.4, 0.5) is 0 Å². The van der Waals surface area contributed by atoms with E-state index in [0.717, 1.165) is 16.5 Å². The van der Waals surface area contributed by atoms with E-state index in [1.807, 2.05) is 19.3 Å². The SMILES string of the molecule is Cn1cc2ccnc3c2c1C(=O)C(=N)C3. The Balaban J connectivity index is 2.53. The summed E-state index contributed by atoms with van der Waals surface area (Å²) in [6.45, 7) is 0. The summed E-state index contributed by atoms with van der Waals surface area (Å²) < 4.78 is 1.78. The van der Waals surface area contributed by atoms with Crippen LogP contribution in [0.2, 0.25) is 0 Å². The Bertz CT molecular complexity index is 610. The summed E-state index contributed by atoms with van der Waals surface area (Å²) in [5.74, 6) is -0.173. The van der Waals surface area contributed by atoms with Crippen molar-refractivity contribution in [2.45, 2.75) is 6.42 Å². The molecular weight excluding hydrogens is 190 g/mol. The van der Waals surface area contributed by atoms with Crippen LogP contribution in [-0.2, 0) is 13.5 Å². The summed E-state index contributed by atoms with van der Waals surface area (Å²) in [6, 6.07) is 1.89. The summed E-state index contributed by atoms with van der Waals surface area (Å²) in [6.07, 6.45) is 3.99. The average molecular weight is 199 g/mol. The highest BCUT2D eigenvalue weighted by Crippen LogP contribution is 2.27. The number of hydrogen-bond acceptors (Lipinski definition) is 3. The van der Waals surface area contributed by atoms with Crippen molar-refractivity contribution in [2.75, 3.05) is 0 Å². The van der Waals surface area contributed by atoms with Gasteiger partial charge in [-0.05, 0) is 6.07 Å². The van der Waals surface area contributed by atoms with Gasteiger partial charge in [0.05, 0.1) is 11.4 Å². The fourth-order valence-electron chi connectivity index (χ4n) is 2.15. The van der Waals surface area contributed by atoms with E-state index in [1.165, 1.54) is 0 Å². The van der Waals surface area contributed by atoms with Crippen molar-refractivity contribution in [1.29, 1.82) is 5.41 Å². The Morgan fingerprint density at radius 3 is 3.13 bits per heavy atom. The van der Waals surface area contributed by atoms with Gasteiger partial charge in [-0.3, -0.25) is 9.78 Å². The highest BCUT2D eigenvalue weighted by atomic mass is 16.1. The quantitative estimate of drug-likeness (QED) is 0.695. The second kappa shape index (κ2) is 2.53. The zero-order chi connectivity index (χ0) is 10.6. The third-order valence-corrected chi connectivity index (χ3v) is 2.82. The first-order chi connectivity index (χ1) is 7.18. The van der Waals surface area contributed by atoms with Crippen molar-refractivity contribution >= 4 is 22.3 Å². The van der Waals surface area contributed by atoms with Gasteiger partial charge in [0.1, 0.15) is 5.69 Å². The number of Topliss-reactive ketones (excluding diaryl/α,β-unsaturated/α-hetero) is 1. The second-order valence-electron chi connectivity index (χ2n) is 3.79. The zero-order valence-electron chi connectivity index (χ0n) is 8.24. The van der Waals surface area contributed by atoms with Crippen molar-refractivity contribution in [3.8, 4) is 0 Å². The van der Waals surface area contributed by atoms with Crippen LogP contribution in [0, 0.1) is 5.41 Å². The number of nitrogens with one attached hydrogen (secondary N) is 1. The Hall–Kier alpha value is -1.97. The molecule has 0 aromatic carbocycles. The van der Waals surface area contributed by atoms with Gasteiger partial charge >= 0.3 is 0 Å². The molecule has 4 nitrogen and oxygen atoms in total. The van der Waals surface area contributed by atoms with Crippen LogP contribution in [-0.4, -0.2) is 21.0 Å². The Labute approximate surface area is 86.1 Å². The molecule has 74 valence electrons. The lowest BCUT2D eigenvalue weighted by molar-refractivity contribution is 0.105. The van der Waals surface area contributed by atoms with Crippen LogP contribution in [0.15, 0.2) is 18.5 Å². The summed E-state index contributed by atoms with van der Waals surface area (Å²) >= 11 is 0. The van der Waals surface area contributed by atoms with E-state index in [0.29, 0.717) is 12.1 Å². The van der Waals surface area contributed by atoms with Gasteiger partial charge in [-0.15, -0.1) is 0 Å². The van der Waals surface area contributed by atoms with Gasteiger partial charge in [0.25, 0.3) is 0 Å². The molecule has 2 heterocycles. The lowest BCUT2D eigenvalue weighted by Gasteiger charge is -2.12. The zero-order valence-corrected chi connectivity index (χ0v) is 8.24. The van der Waals surface area contributed by atoms with Crippen molar-refractivity contribution in [1.82, 2.24) is 9.55 Å². The summed E-state index contributed by atoms with van der Waals surface area (Å²) in [7, 11) is 1.83. The number of hydrogen-bond donors (Lipinski definition) is 1. The number of aromatic nitrogens is 2. The first-order valence-electron chi connectivity index (χ1n) is 4.73. The molecule has 4 heteroatoms. The molecule has 0 aliphatic heterocycles. The van der Waals surface area contributed by atoms with Gasteiger partial charge in [-0.1, -0.05) is 0 Å². The van der Waals surface area contributed by atoms with E-state index in [2.05, 4.69) is 4.98 Å². The van der Waals surface area contributed by atoms with Gasteiger partial charge in [-0.2, -0.15) is 0 Å². The van der Waals surface area contributed by atoms with Crippen LogP contribution in [0.1, 0.15) is 16.2 Å². The Kier molecular flexibility index (Phi) is 1.41. The van der Waals surface area contributed by atoms with E-state index < -0.39 is 0 Å². The maximum absolute atomic E-state index is 11.8. The van der Waals surface area contributed by atoms with Crippen LogP contribution in [0.25, 0.3) is 10.8 Å². The van der Waals surface area contributed by atoms with Crippen LogP contribution < -0.4 is 0 Å². The molecule has 0 saturated carbocycles. The van der Waals surface area contributed by atoms with Crippen LogP contribution in [0.3, 0.4) is 0 Å². The normalized spacial score (nSPS) is 15.0. The van der Waals surface area contributed by atoms with E-state index in [4.69, 9.17) is 5.41 Å². The molecule has 1 N–H and O–H groups in total. The van der Waals surface area contributed by atoms with Crippen molar-refractivity contribution in [3.63, 3.8) is 0 Å². The molecule has 2 aromatic heterocycles. The predicted molar refractivity (Wildman–Crippen MR) is 56.5 cm³/mol. The molecule has 2 aromatic rings. The number of aryl methyl sites for hydroxylation is 1. The van der Waals surface area contributed by atoms with Gasteiger partial charge in [0.2, 0.25) is 5.78 Å². The maximum atomic E-state index is 11.8. The fraction of sp³-hybridized carbons (Fsp3) is 0.182. The van der Waals surface area contributed by atoms with Gasteiger partial charge < -0.3 is 9.98 Å². The molecule has 0 radical (unpaired) electrons. The second-order valence-corrected chi connectivity index (χ2v) is 3.79. The minimum atomic E-state index is -0.173. The van der Waals surface area contributed by atoms with Gasteiger partial charge in [0, 0.05) is 36.6 Å². The lowest BCUT2D eigenvalue weighted by atomic mass is 9.96. The number of carbonyl (C=O) groups excluding carboxylic acids is 1. The van der Waals surface area contributed by atoms with Gasteiger partial charge in [0.15, 0.2) is 0 Å². The molecule has 1 aliphatic carbocycles. The van der Waals surface area contributed by atoms with Crippen molar-refractivity contribution < 1.29 is 4.79 Å². The van der Waals surface area contributed by atoms with E-state index in [-0.39, 0.29) is 11.5 Å². The average Bonchev–Trinajstić information content (AvgIpc) is 2.53. The third-order valence-electron chi connectivity index (χ3n) is 2.82. The topological polar surface area (TPSA) is 58.7 Å². The molecule has 3 rings (SSSR count).